The molecule has 3 heterocycles. The summed E-state index contributed by atoms with van der Waals surface area (Å²) < 4.78 is 1.95. The summed E-state index contributed by atoms with van der Waals surface area (Å²) in [5.41, 5.74) is 2.12. The predicted molar refractivity (Wildman–Crippen MR) is 87.7 cm³/mol. The second-order valence-corrected chi connectivity index (χ2v) is 6.33. The van der Waals surface area contributed by atoms with Crippen LogP contribution in [0.3, 0.4) is 0 Å². The number of rotatable bonds is 5. The number of hydrogen-bond donors (Lipinski definition) is 3. The third-order valence-corrected chi connectivity index (χ3v) is 4.74. The van der Waals surface area contributed by atoms with Crippen LogP contribution in [0.15, 0.2) is 43.0 Å². The molecule has 0 amide bonds. The van der Waals surface area contributed by atoms with Gasteiger partial charge in [-0.3, -0.25) is 4.68 Å². The van der Waals surface area contributed by atoms with Gasteiger partial charge in [0, 0.05) is 49.3 Å². The number of nitrogens with zero attached hydrogens (tertiary/aromatic N) is 3. The molecule has 3 aromatic rings. The molecule has 6 nitrogen and oxygen atoms in total. The Morgan fingerprint density at radius 1 is 1.30 bits per heavy atom. The highest BCUT2D eigenvalue weighted by atomic mass is 16.3. The van der Waals surface area contributed by atoms with Crippen LogP contribution in [-0.2, 0) is 13.1 Å². The van der Waals surface area contributed by atoms with E-state index in [-0.39, 0.29) is 12.1 Å². The molecule has 3 N–H and O–H groups in total. The van der Waals surface area contributed by atoms with E-state index < -0.39 is 0 Å². The SMILES string of the molecule is O[C@@H]1CC(Cn2cccn2)C[C@H]1NCc1ccnc2[nH]ccc12. The van der Waals surface area contributed by atoms with Crippen molar-refractivity contribution < 1.29 is 5.11 Å². The smallest absolute Gasteiger partial charge is 0.137 e. The van der Waals surface area contributed by atoms with E-state index in [4.69, 9.17) is 0 Å². The number of aromatic amines is 1. The van der Waals surface area contributed by atoms with Gasteiger partial charge in [-0.05, 0) is 42.5 Å². The molecule has 0 radical (unpaired) electrons. The lowest BCUT2D eigenvalue weighted by Gasteiger charge is -2.16. The first-order valence-corrected chi connectivity index (χ1v) is 8.09. The molecule has 1 aliphatic rings. The minimum absolute atomic E-state index is 0.137. The summed E-state index contributed by atoms with van der Waals surface area (Å²) >= 11 is 0. The van der Waals surface area contributed by atoms with Crippen LogP contribution in [0.1, 0.15) is 18.4 Å². The zero-order valence-corrected chi connectivity index (χ0v) is 12.9. The molecule has 0 spiro atoms. The Kier molecular flexibility index (Phi) is 3.85. The number of pyridine rings is 1. The summed E-state index contributed by atoms with van der Waals surface area (Å²) in [6.07, 6.45) is 9.02. The molecule has 3 aromatic heterocycles. The van der Waals surface area contributed by atoms with Gasteiger partial charge in [0.15, 0.2) is 0 Å². The number of nitrogens with one attached hydrogen (secondary N) is 2. The average Bonchev–Trinajstić information content (AvgIpc) is 3.27. The summed E-state index contributed by atoms with van der Waals surface area (Å²) in [6, 6.07) is 6.15. The van der Waals surface area contributed by atoms with Gasteiger partial charge in [-0.1, -0.05) is 0 Å². The van der Waals surface area contributed by atoms with Crippen LogP contribution in [0.4, 0.5) is 0 Å². The van der Waals surface area contributed by atoms with Gasteiger partial charge in [0.1, 0.15) is 5.65 Å². The minimum atomic E-state index is -0.292. The number of H-pyrrole nitrogens is 1. The van der Waals surface area contributed by atoms with Crippen molar-refractivity contribution in [2.24, 2.45) is 5.92 Å². The fourth-order valence-electron chi connectivity index (χ4n) is 3.57. The number of hydrogen-bond acceptors (Lipinski definition) is 4. The Morgan fingerprint density at radius 2 is 2.26 bits per heavy atom. The van der Waals surface area contributed by atoms with E-state index in [1.807, 2.05) is 41.5 Å². The van der Waals surface area contributed by atoms with Gasteiger partial charge >= 0.3 is 0 Å². The Morgan fingerprint density at radius 3 is 3.13 bits per heavy atom. The first-order chi connectivity index (χ1) is 11.3. The van der Waals surface area contributed by atoms with Crippen LogP contribution in [0.5, 0.6) is 0 Å². The Bertz CT molecular complexity index is 766. The maximum Gasteiger partial charge on any atom is 0.137 e. The number of aromatic nitrogens is 4. The Balaban J connectivity index is 1.38. The molecule has 23 heavy (non-hydrogen) atoms. The fourth-order valence-corrected chi connectivity index (χ4v) is 3.57. The summed E-state index contributed by atoms with van der Waals surface area (Å²) in [5.74, 6) is 0.465. The standard InChI is InChI=1S/C17H21N5O/c23-16-9-12(11-22-7-1-4-21-22)8-15(16)20-10-13-2-5-18-17-14(13)3-6-19-17/h1-7,12,15-16,20,23H,8-11H2,(H,18,19)/t12?,15-,16-/m1/s1. The highest BCUT2D eigenvalue weighted by Gasteiger charge is 2.32. The molecule has 3 atom stereocenters. The van der Waals surface area contributed by atoms with Crippen LogP contribution < -0.4 is 5.32 Å². The van der Waals surface area contributed by atoms with E-state index in [0.29, 0.717) is 5.92 Å². The maximum absolute atomic E-state index is 10.3. The first kappa shape index (κ1) is 14.4. The van der Waals surface area contributed by atoms with Gasteiger partial charge in [-0.15, -0.1) is 0 Å². The summed E-state index contributed by atoms with van der Waals surface area (Å²) in [7, 11) is 0. The highest BCUT2D eigenvalue weighted by Crippen LogP contribution is 2.28. The van der Waals surface area contributed by atoms with E-state index in [0.717, 1.165) is 37.0 Å². The van der Waals surface area contributed by atoms with Crippen molar-refractivity contribution in [3.63, 3.8) is 0 Å². The van der Waals surface area contributed by atoms with Crippen LogP contribution in [-0.4, -0.2) is 37.0 Å². The van der Waals surface area contributed by atoms with Crippen molar-refractivity contribution >= 4 is 11.0 Å². The zero-order valence-electron chi connectivity index (χ0n) is 12.9. The van der Waals surface area contributed by atoms with Gasteiger partial charge in [-0.2, -0.15) is 5.10 Å². The van der Waals surface area contributed by atoms with E-state index in [9.17, 15) is 5.11 Å². The van der Waals surface area contributed by atoms with Crippen LogP contribution >= 0.6 is 0 Å². The number of fused-ring (bicyclic) bond motifs is 1. The van der Waals surface area contributed by atoms with E-state index in [1.54, 1.807) is 6.20 Å². The normalized spacial score (nSPS) is 24.5. The lowest BCUT2D eigenvalue weighted by Crippen LogP contribution is -2.35. The molecule has 0 saturated heterocycles. The largest absolute Gasteiger partial charge is 0.391 e. The maximum atomic E-state index is 10.3. The molecule has 0 bridgehead atoms. The van der Waals surface area contributed by atoms with Crippen molar-refractivity contribution in [3.8, 4) is 0 Å². The van der Waals surface area contributed by atoms with Crippen LogP contribution in [0.25, 0.3) is 11.0 Å². The van der Waals surface area contributed by atoms with Gasteiger partial charge in [0.2, 0.25) is 0 Å². The molecule has 4 rings (SSSR count). The molecule has 120 valence electrons. The quantitative estimate of drug-likeness (QED) is 0.670. The summed E-state index contributed by atoms with van der Waals surface area (Å²) in [6.45, 7) is 1.62. The minimum Gasteiger partial charge on any atom is -0.391 e. The van der Waals surface area contributed by atoms with E-state index in [1.165, 1.54) is 5.56 Å². The molecular weight excluding hydrogens is 290 g/mol. The monoisotopic (exact) mass is 311 g/mol. The second-order valence-electron chi connectivity index (χ2n) is 6.33. The molecule has 6 heteroatoms. The summed E-state index contributed by atoms with van der Waals surface area (Å²) in [4.78, 5) is 7.44. The van der Waals surface area contributed by atoms with Gasteiger partial charge in [-0.25, -0.2) is 4.98 Å². The average molecular weight is 311 g/mol. The summed E-state index contributed by atoms with van der Waals surface area (Å²) in [5, 5.41) is 19.2. The predicted octanol–water partition coefficient (Wildman–Crippen LogP) is 1.69. The third-order valence-electron chi connectivity index (χ3n) is 4.74. The first-order valence-electron chi connectivity index (χ1n) is 8.09. The molecule has 1 aliphatic carbocycles. The third kappa shape index (κ3) is 3.00. The van der Waals surface area contributed by atoms with Crippen LogP contribution in [0, 0.1) is 5.92 Å². The molecule has 1 fully saturated rings. The van der Waals surface area contributed by atoms with Gasteiger partial charge in [0.25, 0.3) is 0 Å². The number of aliphatic hydroxyl groups excluding tert-OH is 1. The molecule has 0 aromatic carbocycles. The zero-order chi connectivity index (χ0) is 15.6. The van der Waals surface area contributed by atoms with E-state index >= 15 is 0 Å². The van der Waals surface area contributed by atoms with Crippen molar-refractivity contribution in [1.82, 2.24) is 25.1 Å². The van der Waals surface area contributed by atoms with Crippen molar-refractivity contribution in [3.05, 3.63) is 48.5 Å². The topological polar surface area (TPSA) is 78.8 Å². The van der Waals surface area contributed by atoms with Gasteiger partial charge in [0.05, 0.1) is 6.10 Å². The number of aliphatic hydroxyl groups is 1. The molecule has 1 unspecified atom stereocenters. The van der Waals surface area contributed by atoms with Gasteiger partial charge < -0.3 is 15.4 Å². The fraction of sp³-hybridized carbons (Fsp3) is 0.412. The highest BCUT2D eigenvalue weighted by molar-refractivity contribution is 5.79. The lowest BCUT2D eigenvalue weighted by molar-refractivity contribution is 0.145. The van der Waals surface area contributed by atoms with Crippen molar-refractivity contribution in [2.45, 2.75) is 38.1 Å². The molecule has 0 aliphatic heterocycles. The van der Waals surface area contributed by atoms with Crippen molar-refractivity contribution in [2.75, 3.05) is 0 Å². The Hall–Kier alpha value is -2.18. The second kappa shape index (κ2) is 6.14. The van der Waals surface area contributed by atoms with E-state index in [2.05, 4.69) is 20.4 Å². The Labute approximate surface area is 134 Å². The molecule has 1 saturated carbocycles. The molecular formula is C17H21N5O. The van der Waals surface area contributed by atoms with Crippen molar-refractivity contribution in [1.29, 1.82) is 0 Å². The van der Waals surface area contributed by atoms with Crippen LogP contribution in [0.2, 0.25) is 0 Å². The lowest BCUT2D eigenvalue weighted by atomic mass is 10.1.